The Hall–Kier alpha value is -2.21. The number of hydrogen-bond donors (Lipinski definition) is 0. The molecule has 2 aliphatic rings. The highest BCUT2D eigenvalue weighted by Crippen LogP contribution is 2.54. The summed E-state index contributed by atoms with van der Waals surface area (Å²) in [6, 6.07) is 1.55. The van der Waals surface area contributed by atoms with Gasteiger partial charge in [-0.15, -0.1) is 0 Å². The highest BCUT2D eigenvalue weighted by molar-refractivity contribution is 6.35. The molecule has 1 aromatic rings. The first kappa shape index (κ1) is 18.6. The number of methoxy groups -OCH3 is 2. The molecule has 0 amide bonds. The van der Waals surface area contributed by atoms with E-state index < -0.39 is 11.5 Å². The van der Waals surface area contributed by atoms with E-state index >= 15 is 0 Å². The largest absolute Gasteiger partial charge is 0.496 e. The van der Waals surface area contributed by atoms with Gasteiger partial charge in [0.15, 0.2) is 17.3 Å². The molecule has 0 aromatic heterocycles. The van der Waals surface area contributed by atoms with Crippen LogP contribution >= 0.6 is 11.6 Å². The zero-order valence-electron chi connectivity index (χ0n) is 15.2. The molecule has 26 heavy (non-hydrogen) atoms. The van der Waals surface area contributed by atoms with Gasteiger partial charge in [0.1, 0.15) is 22.1 Å². The van der Waals surface area contributed by atoms with Gasteiger partial charge in [-0.3, -0.25) is 9.59 Å². The number of allylic oxidation sites excluding steroid dienone is 1. The number of carbonyl (C=O) groups excluding carboxylic acids is 2. The van der Waals surface area contributed by atoms with Crippen molar-refractivity contribution < 1.29 is 28.5 Å². The van der Waals surface area contributed by atoms with Crippen LogP contribution in [0, 0.1) is 5.92 Å². The van der Waals surface area contributed by atoms with E-state index in [2.05, 4.69) is 0 Å². The molecule has 2 atom stereocenters. The molecular weight excluding hydrogens is 360 g/mol. The Labute approximate surface area is 157 Å². The van der Waals surface area contributed by atoms with Gasteiger partial charge in [0.25, 0.3) is 0 Å². The zero-order valence-corrected chi connectivity index (χ0v) is 15.9. The topological polar surface area (TPSA) is 71.1 Å². The maximum Gasteiger partial charge on any atom is 0.231 e. The number of ketones is 2. The molecule has 1 aliphatic carbocycles. The second kappa shape index (κ2) is 6.83. The number of carbonyl (C=O) groups is 2. The first-order chi connectivity index (χ1) is 12.4. The van der Waals surface area contributed by atoms with Crippen molar-refractivity contribution in [3.8, 4) is 17.2 Å². The second-order valence-corrected chi connectivity index (χ2v) is 6.77. The lowest BCUT2D eigenvalue weighted by molar-refractivity contribution is -0.118. The molecule has 1 aliphatic heterocycles. The van der Waals surface area contributed by atoms with Crippen molar-refractivity contribution in [3.05, 3.63) is 28.5 Å². The highest BCUT2D eigenvalue weighted by Gasteiger charge is 2.60. The van der Waals surface area contributed by atoms with Crippen molar-refractivity contribution in [2.75, 3.05) is 20.8 Å². The van der Waals surface area contributed by atoms with Crippen molar-refractivity contribution in [3.63, 3.8) is 0 Å². The molecule has 0 N–H and O–H groups in total. The fourth-order valence-electron chi connectivity index (χ4n) is 3.45. The van der Waals surface area contributed by atoms with Gasteiger partial charge in [0.2, 0.25) is 11.4 Å². The third kappa shape index (κ3) is 2.55. The molecule has 140 valence electrons. The number of ether oxygens (including phenoxy) is 4. The van der Waals surface area contributed by atoms with E-state index in [1.807, 2.05) is 6.92 Å². The molecule has 1 heterocycles. The maximum atomic E-state index is 13.5. The summed E-state index contributed by atoms with van der Waals surface area (Å²) in [7, 11) is 2.93. The first-order valence-electron chi connectivity index (χ1n) is 8.46. The van der Waals surface area contributed by atoms with E-state index in [0.717, 1.165) is 6.42 Å². The van der Waals surface area contributed by atoms with Crippen LogP contribution in [0.2, 0.25) is 5.02 Å². The normalized spacial score (nSPS) is 24.2. The smallest absolute Gasteiger partial charge is 0.231 e. The van der Waals surface area contributed by atoms with Crippen LogP contribution in [-0.4, -0.2) is 38.0 Å². The van der Waals surface area contributed by atoms with Gasteiger partial charge < -0.3 is 18.9 Å². The van der Waals surface area contributed by atoms with Crippen LogP contribution in [0.15, 0.2) is 17.9 Å². The summed E-state index contributed by atoms with van der Waals surface area (Å²) >= 11 is 6.39. The molecule has 0 saturated heterocycles. The van der Waals surface area contributed by atoms with E-state index in [0.29, 0.717) is 18.1 Å². The summed E-state index contributed by atoms with van der Waals surface area (Å²) in [6.45, 7) is 4.11. The lowest BCUT2D eigenvalue weighted by Crippen LogP contribution is -2.51. The quantitative estimate of drug-likeness (QED) is 0.777. The number of benzene rings is 1. The number of rotatable bonds is 5. The Bertz CT molecular complexity index is 800. The second-order valence-electron chi connectivity index (χ2n) is 6.39. The molecule has 7 heteroatoms. The standard InChI is InChI=1S/C19H21ClO6/c1-5-6-25-14-8-11(21)7-10(2)19(14)18(22)15-12(23-3)9-13(24-4)16(20)17(15)26-19/h8-10H,5-7H2,1-4H3/t10-,19+/m1/s1. The third-order valence-electron chi connectivity index (χ3n) is 4.74. The van der Waals surface area contributed by atoms with Crippen LogP contribution in [0.3, 0.4) is 0 Å². The summed E-state index contributed by atoms with van der Waals surface area (Å²) in [5, 5.41) is 0.187. The van der Waals surface area contributed by atoms with Gasteiger partial charge >= 0.3 is 0 Å². The van der Waals surface area contributed by atoms with Gasteiger partial charge in [-0.05, 0) is 6.42 Å². The summed E-state index contributed by atoms with van der Waals surface area (Å²) < 4.78 is 22.5. The minimum atomic E-state index is -1.42. The van der Waals surface area contributed by atoms with Crippen molar-refractivity contribution >= 4 is 23.2 Å². The molecule has 0 saturated carbocycles. The van der Waals surface area contributed by atoms with Gasteiger partial charge in [-0.2, -0.15) is 0 Å². The van der Waals surface area contributed by atoms with Gasteiger partial charge in [0, 0.05) is 24.5 Å². The summed E-state index contributed by atoms with van der Waals surface area (Å²) in [4.78, 5) is 25.5. The summed E-state index contributed by atoms with van der Waals surface area (Å²) in [6.07, 6.45) is 2.27. The fourth-order valence-corrected chi connectivity index (χ4v) is 3.71. The van der Waals surface area contributed by atoms with Crippen molar-refractivity contribution in [1.82, 2.24) is 0 Å². The lowest BCUT2D eigenvalue weighted by atomic mass is 9.75. The lowest BCUT2D eigenvalue weighted by Gasteiger charge is -2.37. The van der Waals surface area contributed by atoms with E-state index in [-0.39, 0.29) is 40.1 Å². The fraction of sp³-hybridized carbons (Fsp3) is 0.474. The Kier molecular flexibility index (Phi) is 4.88. The molecule has 0 fully saturated rings. The van der Waals surface area contributed by atoms with E-state index in [1.54, 1.807) is 13.0 Å². The molecule has 0 bridgehead atoms. The third-order valence-corrected chi connectivity index (χ3v) is 5.10. The van der Waals surface area contributed by atoms with Crippen molar-refractivity contribution in [2.24, 2.45) is 5.92 Å². The number of Topliss-reactive ketones (excluding diaryl/α,β-unsaturated/α-hetero) is 1. The minimum Gasteiger partial charge on any atom is -0.496 e. The van der Waals surface area contributed by atoms with E-state index in [1.165, 1.54) is 20.3 Å². The van der Waals surface area contributed by atoms with Crippen LogP contribution in [0.4, 0.5) is 0 Å². The number of fused-ring (bicyclic) bond motifs is 1. The molecule has 0 unspecified atom stereocenters. The van der Waals surface area contributed by atoms with Gasteiger partial charge in [-0.1, -0.05) is 25.4 Å². The Morgan fingerprint density at radius 3 is 2.58 bits per heavy atom. The Morgan fingerprint density at radius 2 is 1.96 bits per heavy atom. The van der Waals surface area contributed by atoms with Crippen molar-refractivity contribution in [2.45, 2.75) is 32.3 Å². The molecule has 6 nitrogen and oxygen atoms in total. The van der Waals surface area contributed by atoms with Crippen LogP contribution in [0.25, 0.3) is 0 Å². The average molecular weight is 381 g/mol. The van der Waals surface area contributed by atoms with Crippen LogP contribution < -0.4 is 14.2 Å². The monoisotopic (exact) mass is 380 g/mol. The number of hydrogen-bond acceptors (Lipinski definition) is 6. The average Bonchev–Trinajstić information content (AvgIpc) is 2.93. The molecule has 0 radical (unpaired) electrons. The van der Waals surface area contributed by atoms with Gasteiger partial charge in [0.05, 0.1) is 20.8 Å². The zero-order chi connectivity index (χ0) is 19.1. The highest BCUT2D eigenvalue weighted by atomic mass is 35.5. The predicted octanol–water partition coefficient (Wildman–Crippen LogP) is 3.59. The SMILES string of the molecule is CCCOC1=CC(=O)C[C@@H](C)[C@]12Oc1c(Cl)c(OC)cc(OC)c1C2=O. The Morgan fingerprint density at radius 1 is 1.27 bits per heavy atom. The summed E-state index contributed by atoms with van der Waals surface area (Å²) in [5.74, 6) is 0.224. The molecule has 1 aromatic carbocycles. The van der Waals surface area contributed by atoms with Crippen LogP contribution in [0.1, 0.15) is 37.0 Å². The van der Waals surface area contributed by atoms with Gasteiger partial charge in [-0.25, -0.2) is 0 Å². The number of halogens is 1. The van der Waals surface area contributed by atoms with E-state index in [4.69, 9.17) is 30.5 Å². The predicted molar refractivity (Wildman–Crippen MR) is 95.4 cm³/mol. The van der Waals surface area contributed by atoms with Crippen LogP contribution in [0.5, 0.6) is 17.2 Å². The molecular formula is C19H21ClO6. The van der Waals surface area contributed by atoms with Crippen LogP contribution in [-0.2, 0) is 9.53 Å². The summed E-state index contributed by atoms with van der Waals surface area (Å²) in [5.41, 5.74) is -1.18. The van der Waals surface area contributed by atoms with E-state index in [9.17, 15) is 9.59 Å². The van der Waals surface area contributed by atoms with Crippen molar-refractivity contribution in [1.29, 1.82) is 0 Å². The Balaban J connectivity index is 2.19. The molecule has 1 spiro atoms. The maximum absolute atomic E-state index is 13.5. The molecule has 3 rings (SSSR count). The first-order valence-corrected chi connectivity index (χ1v) is 8.84. The minimum absolute atomic E-state index is 0.0998.